The summed E-state index contributed by atoms with van der Waals surface area (Å²) in [6, 6.07) is 10.5. The first kappa shape index (κ1) is 15.6. The highest BCUT2D eigenvalue weighted by Crippen LogP contribution is 2.15. The Bertz CT molecular complexity index is 403. The van der Waals surface area contributed by atoms with E-state index in [0.29, 0.717) is 0 Å². The van der Waals surface area contributed by atoms with Gasteiger partial charge in [0, 0.05) is 17.2 Å². The van der Waals surface area contributed by atoms with Crippen LogP contribution in [0.4, 0.5) is 0 Å². The van der Waals surface area contributed by atoms with E-state index in [9.17, 15) is 0 Å². The van der Waals surface area contributed by atoms with Crippen molar-refractivity contribution in [2.24, 2.45) is 0 Å². The number of nitrogens with one attached hydrogen (secondary N) is 2. The Morgan fingerprint density at radius 1 is 1.30 bits per heavy atom. The Labute approximate surface area is 131 Å². The monoisotopic (exact) mass is 310 g/mol. The third-order valence-corrected chi connectivity index (χ3v) is 5.06. The Morgan fingerprint density at radius 3 is 2.65 bits per heavy atom. The first-order valence-electron chi connectivity index (χ1n) is 7.33. The smallest absolute Gasteiger partial charge is 0.169 e. The predicted octanol–water partition coefficient (Wildman–Crippen LogP) is 0.874. The lowest BCUT2D eigenvalue weighted by Crippen LogP contribution is -3.14. The fourth-order valence-corrected chi connectivity index (χ4v) is 3.41. The van der Waals surface area contributed by atoms with Crippen molar-refractivity contribution in [3.63, 3.8) is 0 Å². The van der Waals surface area contributed by atoms with E-state index in [4.69, 9.17) is 12.2 Å². The van der Waals surface area contributed by atoms with E-state index in [1.165, 1.54) is 24.5 Å². The lowest BCUT2D eigenvalue weighted by molar-refractivity contribution is -0.902. The third-order valence-electron chi connectivity index (χ3n) is 3.65. The number of benzene rings is 1. The van der Waals surface area contributed by atoms with Crippen LogP contribution in [0.3, 0.4) is 0 Å². The Kier molecular flexibility index (Phi) is 6.63. The largest absolute Gasteiger partial charge is 0.362 e. The van der Waals surface area contributed by atoms with Crippen molar-refractivity contribution >= 4 is 29.1 Å². The normalized spacial score (nSPS) is 16.1. The maximum atomic E-state index is 5.48. The summed E-state index contributed by atoms with van der Waals surface area (Å²) in [4.78, 5) is 5.31. The summed E-state index contributed by atoms with van der Waals surface area (Å²) in [5.41, 5.74) is 0. The molecule has 1 saturated heterocycles. The molecule has 3 nitrogen and oxygen atoms in total. The molecule has 110 valence electrons. The van der Waals surface area contributed by atoms with Crippen LogP contribution in [0.5, 0.6) is 0 Å². The molecule has 0 atom stereocenters. The summed E-state index contributed by atoms with van der Waals surface area (Å²) in [5, 5.41) is 4.31. The van der Waals surface area contributed by atoms with E-state index in [1.54, 1.807) is 4.90 Å². The molecule has 0 aliphatic carbocycles. The summed E-state index contributed by atoms with van der Waals surface area (Å²) in [6.07, 6.45) is 0. The molecule has 0 spiro atoms. The van der Waals surface area contributed by atoms with Gasteiger partial charge in [0.25, 0.3) is 0 Å². The average molecular weight is 311 g/mol. The zero-order valence-corrected chi connectivity index (χ0v) is 13.7. The van der Waals surface area contributed by atoms with Gasteiger partial charge in [-0.3, -0.25) is 0 Å². The van der Waals surface area contributed by atoms with Crippen LogP contribution >= 0.6 is 24.0 Å². The number of thioether (sulfide) groups is 1. The van der Waals surface area contributed by atoms with Gasteiger partial charge >= 0.3 is 0 Å². The molecule has 2 N–H and O–H groups in total. The van der Waals surface area contributed by atoms with Gasteiger partial charge in [-0.2, -0.15) is 0 Å². The highest BCUT2D eigenvalue weighted by molar-refractivity contribution is 7.99. The SMILES string of the molecule is CC[NH+]1CCN(C(=S)NCCSc2ccccc2)CC1. The minimum absolute atomic E-state index is 0.925. The Balaban J connectivity index is 1.61. The van der Waals surface area contributed by atoms with Gasteiger partial charge in [0.2, 0.25) is 0 Å². The lowest BCUT2D eigenvalue weighted by Gasteiger charge is -2.33. The molecule has 0 aromatic heterocycles. The fraction of sp³-hybridized carbons (Fsp3) is 0.533. The van der Waals surface area contributed by atoms with E-state index < -0.39 is 0 Å². The number of piperazine rings is 1. The van der Waals surface area contributed by atoms with Crippen LogP contribution in [-0.2, 0) is 0 Å². The summed E-state index contributed by atoms with van der Waals surface area (Å²) in [7, 11) is 0. The quantitative estimate of drug-likeness (QED) is 0.478. The fourth-order valence-electron chi connectivity index (χ4n) is 2.33. The summed E-state index contributed by atoms with van der Waals surface area (Å²) >= 11 is 7.34. The third kappa shape index (κ3) is 4.96. The molecule has 1 heterocycles. The first-order valence-corrected chi connectivity index (χ1v) is 8.73. The first-order chi connectivity index (χ1) is 9.79. The average Bonchev–Trinajstić information content (AvgIpc) is 2.52. The van der Waals surface area contributed by atoms with Gasteiger partial charge in [0.05, 0.1) is 32.7 Å². The van der Waals surface area contributed by atoms with Gasteiger partial charge in [0.1, 0.15) is 0 Å². The van der Waals surface area contributed by atoms with Gasteiger partial charge < -0.3 is 15.1 Å². The number of rotatable bonds is 5. The number of quaternary nitrogens is 1. The molecule has 0 radical (unpaired) electrons. The summed E-state index contributed by atoms with van der Waals surface area (Å²) < 4.78 is 0. The van der Waals surface area contributed by atoms with Crippen molar-refractivity contribution in [1.29, 1.82) is 0 Å². The molecule has 2 rings (SSSR count). The van der Waals surface area contributed by atoms with Crippen molar-refractivity contribution in [3.8, 4) is 0 Å². The highest BCUT2D eigenvalue weighted by atomic mass is 32.2. The van der Waals surface area contributed by atoms with Gasteiger partial charge in [-0.1, -0.05) is 18.2 Å². The molecule has 0 bridgehead atoms. The van der Waals surface area contributed by atoms with Crippen molar-refractivity contribution in [2.75, 3.05) is 45.0 Å². The summed E-state index contributed by atoms with van der Waals surface area (Å²) in [6.45, 7) is 8.99. The standard InChI is InChI=1S/C15H23N3S2/c1-2-17-9-11-18(12-10-17)15(19)16-8-13-20-14-6-4-3-5-7-14/h3-7H,2,8-13H2,1H3,(H,16,19)/p+1. The molecule has 0 saturated carbocycles. The van der Waals surface area contributed by atoms with Crippen LogP contribution in [0, 0.1) is 0 Å². The van der Waals surface area contributed by atoms with Crippen LogP contribution in [0.15, 0.2) is 35.2 Å². The van der Waals surface area contributed by atoms with E-state index in [1.807, 2.05) is 11.8 Å². The number of thiocarbonyl (C=S) groups is 1. The highest BCUT2D eigenvalue weighted by Gasteiger charge is 2.19. The van der Waals surface area contributed by atoms with E-state index in [2.05, 4.69) is 47.5 Å². The minimum Gasteiger partial charge on any atom is -0.362 e. The van der Waals surface area contributed by atoms with Crippen molar-refractivity contribution in [2.45, 2.75) is 11.8 Å². The zero-order valence-electron chi connectivity index (χ0n) is 12.1. The van der Waals surface area contributed by atoms with Gasteiger partial charge in [-0.05, 0) is 31.3 Å². The molecule has 1 aliphatic rings. The van der Waals surface area contributed by atoms with E-state index in [0.717, 1.165) is 30.5 Å². The second-order valence-electron chi connectivity index (χ2n) is 4.98. The molecular weight excluding hydrogens is 286 g/mol. The predicted molar refractivity (Wildman–Crippen MR) is 90.6 cm³/mol. The second kappa shape index (κ2) is 8.49. The molecule has 1 aromatic rings. The van der Waals surface area contributed by atoms with Crippen LogP contribution in [0.1, 0.15) is 6.92 Å². The van der Waals surface area contributed by atoms with Crippen LogP contribution in [-0.4, -0.2) is 55.0 Å². The van der Waals surface area contributed by atoms with Gasteiger partial charge in [-0.15, -0.1) is 11.8 Å². The van der Waals surface area contributed by atoms with Crippen LogP contribution < -0.4 is 10.2 Å². The molecule has 1 fully saturated rings. The molecule has 1 aromatic carbocycles. The van der Waals surface area contributed by atoms with Gasteiger partial charge in [-0.25, -0.2) is 0 Å². The molecule has 5 heteroatoms. The van der Waals surface area contributed by atoms with Crippen molar-refractivity contribution < 1.29 is 4.90 Å². The second-order valence-corrected chi connectivity index (χ2v) is 6.54. The van der Waals surface area contributed by atoms with Gasteiger partial charge in [0.15, 0.2) is 5.11 Å². The number of hydrogen-bond acceptors (Lipinski definition) is 2. The molecule has 0 amide bonds. The Hall–Kier alpha value is -0.780. The number of hydrogen-bond donors (Lipinski definition) is 2. The minimum atomic E-state index is 0.925. The molecule has 0 unspecified atom stereocenters. The maximum Gasteiger partial charge on any atom is 0.169 e. The van der Waals surface area contributed by atoms with E-state index >= 15 is 0 Å². The zero-order chi connectivity index (χ0) is 14.2. The van der Waals surface area contributed by atoms with Crippen molar-refractivity contribution in [3.05, 3.63) is 30.3 Å². The maximum absolute atomic E-state index is 5.48. The summed E-state index contributed by atoms with van der Waals surface area (Å²) in [5.74, 6) is 1.05. The Morgan fingerprint density at radius 2 is 2.00 bits per heavy atom. The number of nitrogens with zero attached hydrogens (tertiary/aromatic N) is 1. The molecule has 1 aliphatic heterocycles. The van der Waals surface area contributed by atoms with Crippen LogP contribution in [0.25, 0.3) is 0 Å². The lowest BCUT2D eigenvalue weighted by atomic mass is 10.3. The molecule has 20 heavy (non-hydrogen) atoms. The van der Waals surface area contributed by atoms with Crippen molar-refractivity contribution in [1.82, 2.24) is 10.2 Å². The van der Waals surface area contributed by atoms with Crippen LogP contribution in [0.2, 0.25) is 0 Å². The topological polar surface area (TPSA) is 19.7 Å². The number of likely N-dealkylation sites (N-methyl/N-ethyl adjacent to an activating group) is 1. The van der Waals surface area contributed by atoms with E-state index in [-0.39, 0.29) is 0 Å². The molecular formula is C15H24N3S2+.